The Kier molecular flexibility index (Phi) is 4.31. The number of carbonyl (C=O) groups is 1. The van der Waals surface area contributed by atoms with Gasteiger partial charge in [0.2, 0.25) is 0 Å². The summed E-state index contributed by atoms with van der Waals surface area (Å²) in [6.45, 7) is 2.07. The zero-order valence-corrected chi connectivity index (χ0v) is 17.2. The highest BCUT2D eigenvalue weighted by Crippen LogP contribution is 2.50. The van der Waals surface area contributed by atoms with E-state index in [0.717, 1.165) is 28.2 Å². The van der Waals surface area contributed by atoms with Gasteiger partial charge in [-0.15, -0.1) is 0 Å². The highest BCUT2D eigenvalue weighted by atomic mass is 16.5. The van der Waals surface area contributed by atoms with E-state index in [9.17, 15) is 4.79 Å². The maximum absolute atomic E-state index is 13.6. The third-order valence-corrected chi connectivity index (χ3v) is 5.85. The molecule has 0 aliphatic carbocycles. The van der Waals surface area contributed by atoms with Crippen LogP contribution in [0.3, 0.4) is 0 Å². The Labute approximate surface area is 175 Å². The number of aliphatic imine (C=N–C) groups is 1. The van der Waals surface area contributed by atoms with Gasteiger partial charge in [-0.25, -0.2) is 0 Å². The van der Waals surface area contributed by atoms with E-state index in [-0.39, 0.29) is 11.9 Å². The zero-order chi connectivity index (χ0) is 20.8. The molecule has 30 heavy (non-hydrogen) atoms. The first-order valence-electron chi connectivity index (χ1n) is 9.94. The van der Waals surface area contributed by atoms with Crippen molar-refractivity contribution in [2.24, 2.45) is 4.99 Å². The van der Waals surface area contributed by atoms with Crippen molar-refractivity contribution in [3.05, 3.63) is 82.9 Å². The Balaban J connectivity index is 1.72. The van der Waals surface area contributed by atoms with Gasteiger partial charge in [-0.2, -0.15) is 0 Å². The van der Waals surface area contributed by atoms with Gasteiger partial charge >= 0.3 is 0 Å². The predicted molar refractivity (Wildman–Crippen MR) is 118 cm³/mol. The number of methoxy groups -OCH3 is 2. The molecule has 3 aromatic carbocycles. The lowest BCUT2D eigenvalue weighted by Crippen LogP contribution is -2.28. The SMILES string of the molecule is COc1ccc2c(c1OC)C(=O)N1c3ccccc3N=C(c3ccc(C)cc3)C[C@H]21. The number of rotatable bonds is 3. The number of amides is 1. The van der Waals surface area contributed by atoms with E-state index in [4.69, 9.17) is 14.5 Å². The molecule has 5 rings (SSSR count). The second-order valence-corrected chi connectivity index (χ2v) is 7.57. The van der Waals surface area contributed by atoms with Crippen molar-refractivity contribution in [2.45, 2.75) is 19.4 Å². The average Bonchev–Trinajstić information content (AvgIpc) is 2.94. The van der Waals surface area contributed by atoms with E-state index in [2.05, 4.69) is 31.2 Å². The molecule has 0 saturated carbocycles. The Hall–Kier alpha value is -3.60. The minimum Gasteiger partial charge on any atom is -0.493 e. The topological polar surface area (TPSA) is 51.1 Å². The lowest BCUT2D eigenvalue weighted by Gasteiger charge is -2.24. The number of benzene rings is 3. The number of hydrogen-bond donors (Lipinski definition) is 0. The highest BCUT2D eigenvalue weighted by Gasteiger charge is 2.43. The molecule has 0 aromatic heterocycles. The molecule has 0 spiro atoms. The molecule has 0 bridgehead atoms. The Morgan fingerprint density at radius 1 is 0.967 bits per heavy atom. The smallest absolute Gasteiger partial charge is 0.263 e. The van der Waals surface area contributed by atoms with Gasteiger partial charge in [0.25, 0.3) is 5.91 Å². The van der Waals surface area contributed by atoms with Crippen molar-refractivity contribution >= 4 is 23.0 Å². The molecule has 0 N–H and O–H groups in total. The lowest BCUT2D eigenvalue weighted by atomic mass is 9.96. The van der Waals surface area contributed by atoms with Crippen LogP contribution < -0.4 is 14.4 Å². The number of aryl methyl sites for hydroxylation is 1. The Bertz CT molecular complexity index is 1180. The number of nitrogens with zero attached hydrogens (tertiary/aromatic N) is 2. The van der Waals surface area contributed by atoms with Crippen molar-refractivity contribution in [2.75, 3.05) is 19.1 Å². The second-order valence-electron chi connectivity index (χ2n) is 7.57. The molecule has 2 aliphatic rings. The molecule has 5 heteroatoms. The van der Waals surface area contributed by atoms with Crippen molar-refractivity contribution in [3.8, 4) is 11.5 Å². The molecule has 150 valence electrons. The fourth-order valence-corrected chi connectivity index (χ4v) is 4.39. The summed E-state index contributed by atoms with van der Waals surface area (Å²) in [4.78, 5) is 20.4. The molecule has 0 saturated heterocycles. The van der Waals surface area contributed by atoms with E-state index in [0.29, 0.717) is 23.5 Å². The summed E-state index contributed by atoms with van der Waals surface area (Å²) in [7, 11) is 3.15. The normalized spacial score (nSPS) is 16.9. The van der Waals surface area contributed by atoms with Crippen LogP contribution >= 0.6 is 0 Å². The minimum atomic E-state index is -0.156. The van der Waals surface area contributed by atoms with Gasteiger partial charge in [-0.05, 0) is 36.2 Å². The molecule has 1 atom stereocenters. The predicted octanol–water partition coefficient (Wildman–Crippen LogP) is 5.24. The van der Waals surface area contributed by atoms with Crippen LogP contribution in [0.5, 0.6) is 11.5 Å². The molecular weight excluding hydrogens is 376 g/mol. The lowest BCUT2D eigenvalue weighted by molar-refractivity contribution is 0.0989. The minimum absolute atomic E-state index is 0.0847. The second kappa shape index (κ2) is 7.02. The summed E-state index contributed by atoms with van der Waals surface area (Å²) in [5.74, 6) is 0.959. The Morgan fingerprint density at radius 2 is 1.73 bits per heavy atom. The summed E-state index contributed by atoms with van der Waals surface area (Å²) in [6.07, 6.45) is 0.617. The fourth-order valence-electron chi connectivity index (χ4n) is 4.39. The van der Waals surface area contributed by atoms with Gasteiger partial charge in [0.05, 0.1) is 42.9 Å². The first kappa shape index (κ1) is 18.4. The van der Waals surface area contributed by atoms with E-state index >= 15 is 0 Å². The van der Waals surface area contributed by atoms with Gasteiger partial charge in [0.1, 0.15) is 0 Å². The van der Waals surface area contributed by atoms with E-state index in [1.54, 1.807) is 14.2 Å². The van der Waals surface area contributed by atoms with Crippen LogP contribution in [0.4, 0.5) is 11.4 Å². The zero-order valence-electron chi connectivity index (χ0n) is 17.2. The van der Waals surface area contributed by atoms with Crippen molar-refractivity contribution in [3.63, 3.8) is 0 Å². The standard InChI is InChI=1S/C25H22N2O3/c1-15-8-10-16(11-9-15)19-14-21-17-12-13-22(29-2)24(30-3)23(17)25(28)27(21)20-7-5-4-6-18(20)26-19/h4-13,21H,14H2,1-3H3/t21-/m1/s1. The average molecular weight is 398 g/mol. The maximum atomic E-state index is 13.6. The summed E-state index contributed by atoms with van der Waals surface area (Å²) in [5, 5.41) is 0. The van der Waals surface area contributed by atoms with E-state index in [1.807, 2.05) is 41.3 Å². The monoisotopic (exact) mass is 398 g/mol. The highest BCUT2D eigenvalue weighted by molar-refractivity contribution is 6.17. The Morgan fingerprint density at radius 3 is 2.47 bits per heavy atom. The molecule has 3 aromatic rings. The summed E-state index contributed by atoms with van der Waals surface area (Å²) in [5.41, 5.74) is 6.35. The number of para-hydroxylation sites is 2. The van der Waals surface area contributed by atoms with Crippen LogP contribution in [0.25, 0.3) is 0 Å². The van der Waals surface area contributed by atoms with Crippen LogP contribution in [0.1, 0.15) is 39.5 Å². The number of fused-ring (bicyclic) bond motifs is 5. The third-order valence-electron chi connectivity index (χ3n) is 5.85. The summed E-state index contributed by atoms with van der Waals surface area (Å²) in [6, 6.07) is 19.9. The maximum Gasteiger partial charge on any atom is 0.263 e. The van der Waals surface area contributed by atoms with Crippen LogP contribution in [-0.2, 0) is 0 Å². The molecule has 1 amide bonds. The first-order chi connectivity index (χ1) is 14.6. The number of hydrogen-bond acceptors (Lipinski definition) is 4. The molecule has 5 nitrogen and oxygen atoms in total. The van der Waals surface area contributed by atoms with Crippen molar-refractivity contribution in [1.82, 2.24) is 0 Å². The van der Waals surface area contributed by atoms with Crippen LogP contribution in [-0.4, -0.2) is 25.8 Å². The third kappa shape index (κ3) is 2.70. The molecule has 2 heterocycles. The van der Waals surface area contributed by atoms with Gasteiger partial charge in [-0.1, -0.05) is 48.0 Å². The van der Waals surface area contributed by atoms with Crippen LogP contribution in [0.2, 0.25) is 0 Å². The number of ether oxygens (including phenoxy) is 2. The van der Waals surface area contributed by atoms with Gasteiger partial charge in [-0.3, -0.25) is 14.7 Å². The quantitative estimate of drug-likeness (QED) is 0.606. The first-order valence-corrected chi connectivity index (χ1v) is 9.94. The molecule has 0 radical (unpaired) electrons. The van der Waals surface area contributed by atoms with Crippen molar-refractivity contribution < 1.29 is 14.3 Å². The number of anilines is 1. The van der Waals surface area contributed by atoms with Crippen molar-refractivity contribution in [1.29, 1.82) is 0 Å². The van der Waals surface area contributed by atoms with Gasteiger partial charge in [0, 0.05) is 6.42 Å². The summed E-state index contributed by atoms with van der Waals surface area (Å²) >= 11 is 0. The molecule has 0 fully saturated rings. The summed E-state index contributed by atoms with van der Waals surface area (Å²) < 4.78 is 11.0. The molecular formula is C25H22N2O3. The van der Waals surface area contributed by atoms with Gasteiger partial charge in [0.15, 0.2) is 11.5 Å². The number of carbonyl (C=O) groups excluding carboxylic acids is 1. The van der Waals surface area contributed by atoms with E-state index in [1.165, 1.54) is 5.56 Å². The fraction of sp³-hybridized carbons (Fsp3) is 0.200. The van der Waals surface area contributed by atoms with Gasteiger partial charge < -0.3 is 9.47 Å². The van der Waals surface area contributed by atoms with E-state index < -0.39 is 0 Å². The largest absolute Gasteiger partial charge is 0.493 e. The van der Waals surface area contributed by atoms with Crippen LogP contribution in [0.15, 0.2) is 65.7 Å². The van der Waals surface area contributed by atoms with Crippen LogP contribution in [0, 0.1) is 6.92 Å². The molecule has 2 aliphatic heterocycles. The molecule has 0 unspecified atom stereocenters.